The first-order chi connectivity index (χ1) is 14.4. The lowest BCUT2D eigenvalue weighted by atomic mass is 10.2. The lowest BCUT2D eigenvalue weighted by Gasteiger charge is -2.32. The van der Waals surface area contributed by atoms with E-state index >= 15 is 0 Å². The van der Waals surface area contributed by atoms with Crippen LogP contribution in [0.2, 0.25) is 0 Å². The summed E-state index contributed by atoms with van der Waals surface area (Å²) in [4.78, 5) is 9.30. The highest BCUT2D eigenvalue weighted by atomic mass is 32.2. The summed E-state index contributed by atoms with van der Waals surface area (Å²) in [6.45, 7) is 6.35. The zero-order valence-corrected chi connectivity index (χ0v) is 19.5. The zero-order chi connectivity index (χ0) is 21.6. The largest absolute Gasteiger partial charge is 0.357 e. The summed E-state index contributed by atoms with van der Waals surface area (Å²) in [5.41, 5.74) is 1.95. The number of rotatable bonds is 7. The molecule has 0 spiro atoms. The molecule has 7 nitrogen and oxygen atoms in total. The van der Waals surface area contributed by atoms with Crippen LogP contribution in [0.4, 0.5) is 0 Å². The fraction of sp³-hybridized carbons (Fsp3) is 0.476. The fourth-order valence-electron chi connectivity index (χ4n) is 3.41. The fourth-order valence-corrected chi connectivity index (χ4v) is 5.71. The molecule has 0 saturated carbocycles. The number of hydrogen-bond donors (Lipinski definition) is 1. The van der Waals surface area contributed by atoms with Crippen LogP contribution in [0.3, 0.4) is 0 Å². The number of hydrogen-bond acceptors (Lipinski definition) is 5. The zero-order valence-electron chi connectivity index (χ0n) is 17.9. The Labute approximate surface area is 184 Å². The van der Waals surface area contributed by atoms with Gasteiger partial charge < -0.3 is 15.1 Å². The first-order valence-corrected chi connectivity index (χ1v) is 12.6. The van der Waals surface area contributed by atoms with Crippen LogP contribution in [-0.2, 0) is 23.1 Å². The smallest absolute Gasteiger partial charge is 0.243 e. The number of thiophene rings is 1. The molecule has 1 aliphatic rings. The molecule has 0 amide bonds. The van der Waals surface area contributed by atoms with E-state index in [1.165, 1.54) is 5.56 Å². The van der Waals surface area contributed by atoms with Gasteiger partial charge in [0.15, 0.2) is 5.96 Å². The van der Waals surface area contributed by atoms with Crippen LogP contribution in [0, 0.1) is 0 Å². The topological polar surface area (TPSA) is 68.2 Å². The molecule has 1 aromatic carbocycles. The second kappa shape index (κ2) is 10.4. The van der Waals surface area contributed by atoms with Crippen molar-refractivity contribution in [3.05, 3.63) is 52.2 Å². The van der Waals surface area contributed by atoms with E-state index in [0.717, 1.165) is 37.7 Å². The maximum absolute atomic E-state index is 13.3. The Morgan fingerprint density at radius 3 is 2.60 bits per heavy atom. The summed E-state index contributed by atoms with van der Waals surface area (Å²) in [6, 6.07) is 9.30. The van der Waals surface area contributed by atoms with E-state index in [2.05, 4.69) is 31.9 Å². The molecular formula is C21H31N5O2S2. The minimum atomic E-state index is -3.53. The number of nitrogens with zero attached hydrogens (tertiary/aromatic N) is 4. The van der Waals surface area contributed by atoms with Gasteiger partial charge in [0.05, 0.1) is 11.4 Å². The number of aliphatic imine (C=N–C) groups is 1. The summed E-state index contributed by atoms with van der Waals surface area (Å²) in [6.07, 6.45) is 0. The van der Waals surface area contributed by atoms with E-state index in [1.54, 1.807) is 27.8 Å². The molecule has 1 aliphatic heterocycles. The van der Waals surface area contributed by atoms with Crippen molar-refractivity contribution in [1.82, 2.24) is 19.4 Å². The average molecular weight is 450 g/mol. The number of benzene rings is 1. The van der Waals surface area contributed by atoms with Crippen LogP contribution in [0.1, 0.15) is 18.1 Å². The van der Waals surface area contributed by atoms with Crippen LogP contribution < -0.4 is 5.32 Å². The van der Waals surface area contributed by atoms with Crippen molar-refractivity contribution in [1.29, 1.82) is 0 Å². The van der Waals surface area contributed by atoms with E-state index < -0.39 is 10.0 Å². The number of likely N-dealkylation sites (N-methyl/N-ethyl adjacent to an activating group) is 1. The van der Waals surface area contributed by atoms with Crippen LogP contribution in [-0.4, -0.2) is 75.3 Å². The van der Waals surface area contributed by atoms with Gasteiger partial charge in [0, 0.05) is 46.3 Å². The van der Waals surface area contributed by atoms with Gasteiger partial charge in [0.25, 0.3) is 0 Å². The van der Waals surface area contributed by atoms with Crippen molar-refractivity contribution in [3.8, 4) is 0 Å². The number of sulfonamides is 1. The summed E-state index contributed by atoms with van der Waals surface area (Å²) >= 11 is 1.67. The van der Waals surface area contributed by atoms with Gasteiger partial charge in [-0.05, 0) is 48.0 Å². The van der Waals surface area contributed by atoms with Gasteiger partial charge in [-0.2, -0.15) is 15.6 Å². The Morgan fingerprint density at radius 1 is 1.20 bits per heavy atom. The quantitative estimate of drug-likeness (QED) is 0.519. The number of piperazine rings is 1. The normalized spacial score (nSPS) is 16.6. The van der Waals surface area contributed by atoms with Gasteiger partial charge >= 0.3 is 0 Å². The summed E-state index contributed by atoms with van der Waals surface area (Å²) < 4.78 is 28.1. The molecule has 0 radical (unpaired) electrons. The lowest BCUT2D eigenvalue weighted by molar-refractivity contribution is 0.222. The van der Waals surface area contributed by atoms with Crippen molar-refractivity contribution in [2.24, 2.45) is 4.99 Å². The van der Waals surface area contributed by atoms with E-state index in [0.29, 0.717) is 24.5 Å². The van der Waals surface area contributed by atoms with Crippen molar-refractivity contribution < 1.29 is 8.42 Å². The first kappa shape index (κ1) is 22.7. The Bertz CT molecular complexity index is 936. The molecule has 0 bridgehead atoms. The van der Waals surface area contributed by atoms with E-state index in [-0.39, 0.29) is 0 Å². The molecule has 0 atom stereocenters. The monoisotopic (exact) mass is 449 g/mol. The number of nitrogens with one attached hydrogen (secondary N) is 1. The van der Waals surface area contributed by atoms with Gasteiger partial charge in [-0.25, -0.2) is 13.4 Å². The van der Waals surface area contributed by atoms with Crippen LogP contribution in [0.15, 0.2) is 51.0 Å². The third-order valence-electron chi connectivity index (χ3n) is 5.15. The Morgan fingerprint density at radius 2 is 1.93 bits per heavy atom. The van der Waals surface area contributed by atoms with Crippen LogP contribution >= 0.6 is 11.3 Å². The van der Waals surface area contributed by atoms with Crippen molar-refractivity contribution >= 4 is 27.3 Å². The molecule has 2 aromatic rings. The summed E-state index contributed by atoms with van der Waals surface area (Å²) in [5.74, 6) is 0.760. The molecule has 2 heterocycles. The predicted octanol–water partition coefficient (Wildman–Crippen LogP) is 2.28. The SMILES string of the molecule is CCNC(=NCc1ccccc1S(=O)(=O)N1CCN(C)CC1)N(C)Cc1ccsc1. The minimum absolute atomic E-state index is 0.305. The molecular weight excluding hydrogens is 418 g/mol. The average Bonchev–Trinajstić information content (AvgIpc) is 3.24. The molecule has 0 aliphatic carbocycles. The van der Waals surface area contributed by atoms with Gasteiger partial charge in [-0.1, -0.05) is 18.2 Å². The van der Waals surface area contributed by atoms with Gasteiger partial charge in [-0.15, -0.1) is 0 Å². The molecule has 1 saturated heterocycles. The van der Waals surface area contributed by atoms with E-state index in [9.17, 15) is 8.42 Å². The van der Waals surface area contributed by atoms with Gasteiger partial charge in [-0.3, -0.25) is 0 Å². The second-order valence-corrected chi connectivity index (χ2v) is 10.2. The number of guanidine groups is 1. The summed E-state index contributed by atoms with van der Waals surface area (Å²) in [5, 5.41) is 7.49. The molecule has 1 N–H and O–H groups in total. The molecule has 3 rings (SSSR count). The third-order valence-corrected chi connectivity index (χ3v) is 7.88. The Balaban J connectivity index is 1.80. The second-order valence-electron chi connectivity index (χ2n) is 7.47. The maximum Gasteiger partial charge on any atom is 0.243 e. The van der Waals surface area contributed by atoms with Crippen LogP contribution in [0.5, 0.6) is 0 Å². The molecule has 1 aromatic heterocycles. The van der Waals surface area contributed by atoms with Crippen molar-refractivity contribution in [3.63, 3.8) is 0 Å². The van der Waals surface area contributed by atoms with Gasteiger partial charge in [0.2, 0.25) is 10.0 Å². The molecule has 0 unspecified atom stereocenters. The standard InChI is InChI=1S/C21H31N5O2S2/c1-4-22-21(25(3)16-18-9-14-29-17-18)23-15-19-7-5-6-8-20(19)30(27,28)26-12-10-24(2)11-13-26/h5-9,14,17H,4,10-13,15-16H2,1-3H3,(H,22,23). The third kappa shape index (κ3) is 5.60. The highest BCUT2D eigenvalue weighted by Crippen LogP contribution is 2.22. The molecule has 1 fully saturated rings. The highest BCUT2D eigenvalue weighted by Gasteiger charge is 2.29. The van der Waals surface area contributed by atoms with Gasteiger partial charge in [0.1, 0.15) is 0 Å². The predicted molar refractivity (Wildman–Crippen MR) is 123 cm³/mol. The Hall–Kier alpha value is -1.94. The van der Waals surface area contributed by atoms with E-state index in [1.807, 2.05) is 33.2 Å². The minimum Gasteiger partial charge on any atom is -0.357 e. The van der Waals surface area contributed by atoms with Crippen LogP contribution in [0.25, 0.3) is 0 Å². The Kier molecular flexibility index (Phi) is 7.87. The highest BCUT2D eigenvalue weighted by molar-refractivity contribution is 7.89. The van der Waals surface area contributed by atoms with E-state index in [4.69, 9.17) is 4.99 Å². The molecule has 9 heteroatoms. The summed E-state index contributed by atoms with van der Waals surface area (Å²) in [7, 11) is 0.475. The molecule has 30 heavy (non-hydrogen) atoms. The van der Waals surface area contributed by atoms with Crippen molar-refractivity contribution in [2.75, 3.05) is 46.8 Å². The molecule has 164 valence electrons. The van der Waals surface area contributed by atoms with Crippen molar-refractivity contribution in [2.45, 2.75) is 24.9 Å². The lowest BCUT2D eigenvalue weighted by Crippen LogP contribution is -2.47. The maximum atomic E-state index is 13.3. The first-order valence-electron chi connectivity index (χ1n) is 10.2.